The van der Waals surface area contributed by atoms with Gasteiger partial charge in [0.15, 0.2) is 0 Å². The fourth-order valence-electron chi connectivity index (χ4n) is 2.97. The lowest BCUT2D eigenvalue weighted by Gasteiger charge is -2.38. The summed E-state index contributed by atoms with van der Waals surface area (Å²) in [5, 5.41) is 0.268. The van der Waals surface area contributed by atoms with Gasteiger partial charge in [-0.3, -0.25) is 9.78 Å². The minimum atomic E-state index is -4.61. The molecule has 0 saturated carbocycles. The van der Waals surface area contributed by atoms with E-state index < -0.39 is 36.7 Å². The minimum Gasteiger partial charge on any atom is -0.464 e. The molecule has 0 unspecified atom stereocenters. The second-order valence-corrected chi connectivity index (χ2v) is 6.31. The van der Waals surface area contributed by atoms with Crippen LogP contribution in [0.3, 0.4) is 0 Å². The van der Waals surface area contributed by atoms with E-state index in [1.54, 1.807) is 0 Å². The second kappa shape index (κ2) is 5.77. The fourth-order valence-corrected chi connectivity index (χ4v) is 2.97. The van der Waals surface area contributed by atoms with Crippen molar-refractivity contribution in [2.24, 2.45) is 0 Å². The lowest BCUT2D eigenvalue weighted by atomic mass is 10.0. The number of alkyl halides is 5. The maximum Gasteiger partial charge on any atom is 0.420 e. The van der Waals surface area contributed by atoms with Gasteiger partial charge in [0.2, 0.25) is 0 Å². The van der Waals surface area contributed by atoms with Gasteiger partial charge in [-0.2, -0.15) is 13.2 Å². The molecule has 4 nitrogen and oxygen atoms in total. The first-order valence-electron chi connectivity index (χ1n) is 7.86. The van der Waals surface area contributed by atoms with Crippen molar-refractivity contribution in [3.63, 3.8) is 0 Å². The van der Waals surface area contributed by atoms with E-state index in [0.29, 0.717) is 0 Å². The summed E-state index contributed by atoms with van der Waals surface area (Å²) in [6.07, 6.45) is -2.27. The molecule has 0 spiro atoms. The number of nitrogens with zero attached hydrogens (tertiary/aromatic N) is 2. The number of rotatable bonds is 2. The van der Waals surface area contributed by atoms with Crippen LogP contribution in [0.15, 0.2) is 47.2 Å². The number of likely N-dealkylation sites (tertiary alicyclic amines) is 1. The predicted molar refractivity (Wildman–Crippen MR) is 85.3 cm³/mol. The number of carbonyl (C=O) groups is 1. The third kappa shape index (κ3) is 3.13. The van der Waals surface area contributed by atoms with Crippen LogP contribution in [0.5, 0.6) is 0 Å². The van der Waals surface area contributed by atoms with Crippen LogP contribution in [0.2, 0.25) is 0 Å². The van der Waals surface area contributed by atoms with Crippen molar-refractivity contribution in [3.8, 4) is 11.3 Å². The largest absolute Gasteiger partial charge is 0.464 e. The molecule has 2 aromatic heterocycles. The molecule has 1 aromatic carbocycles. The van der Waals surface area contributed by atoms with Crippen LogP contribution in [0.4, 0.5) is 22.0 Å². The molecule has 1 fully saturated rings. The Morgan fingerprint density at radius 2 is 1.89 bits per heavy atom. The first-order valence-corrected chi connectivity index (χ1v) is 7.86. The SMILES string of the molecule is O=C(c1ccc(-c2cc(C(F)(F)F)c3occc3c2)nc1)N1CC(F)(F)C1. The van der Waals surface area contributed by atoms with Crippen molar-refractivity contribution in [2.45, 2.75) is 12.1 Å². The van der Waals surface area contributed by atoms with Crippen LogP contribution in [0.1, 0.15) is 15.9 Å². The van der Waals surface area contributed by atoms with Crippen LogP contribution in [0, 0.1) is 0 Å². The number of benzene rings is 1. The molecule has 1 amide bonds. The number of hydrogen-bond donors (Lipinski definition) is 0. The van der Waals surface area contributed by atoms with E-state index in [0.717, 1.165) is 11.0 Å². The Morgan fingerprint density at radius 1 is 1.15 bits per heavy atom. The van der Waals surface area contributed by atoms with E-state index in [-0.39, 0.29) is 27.8 Å². The number of carbonyl (C=O) groups excluding carboxylic acids is 1. The molecule has 9 heteroatoms. The molecule has 1 aliphatic heterocycles. The minimum absolute atomic E-state index is 0.0923. The standard InChI is InChI=1S/C18H11F5N2O2/c19-17(20)8-25(9-17)16(26)11-1-2-14(24-7-11)12-5-10-3-4-27-15(10)13(6-12)18(21,22)23/h1-7H,8-9H2. The van der Waals surface area contributed by atoms with Crippen LogP contribution < -0.4 is 0 Å². The number of halogens is 5. The van der Waals surface area contributed by atoms with E-state index in [2.05, 4.69) is 4.98 Å². The van der Waals surface area contributed by atoms with Crippen LogP contribution in [0.25, 0.3) is 22.2 Å². The lowest BCUT2D eigenvalue weighted by Crippen LogP contribution is -2.58. The number of amides is 1. The summed E-state index contributed by atoms with van der Waals surface area (Å²) in [6.45, 7) is -1.31. The summed E-state index contributed by atoms with van der Waals surface area (Å²) in [4.78, 5) is 17.1. The monoisotopic (exact) mass is 382 g/mol. The lowest BCUT2D eigenvalue weighted by molar-refractivity contribution is -0.136. The number of fused-ring (bicyclic) bond motifs is 1. The molecule has 0 bridgehead atoms. The highest BCUT2D eigenvalue weighted by molar-refractivity contribution is 5.95. The van der Waals surface area contributed by atoms with Gasteiger partial charge in [-0.05, 0) is 30.3 Å². The molecule has 1 saturated heterocycles. The number of pyridine rings is 1. The Balaban J connectivity index is 1.65. The summed E-state index contributed by atoms with van der Waals surface area (Å²) in [6, 6.07) is 6.57. The highest BCUT2D eigenvalue weighted by Crippen LogP contribution is 2.38. The van der Waals surface area contributed by atoms with Gasteiger partial charge in [-0.1, -0.05) is 0 Å². The maximum absolute atomic E-state index is 13.3. The fraction of sp³-hybridized carbons (Fsp3) is 0.222. The number of furan rings is 1. The van der Waals surface area contributed by atoms with Crippen molar-refractivity contribution in [3.05, 3.63) is 53.9 Å². The average molecular weight is 382 g/mol. The van der Waals surface area contributed by atoms with E-state index in [1.165, 1.54) is 36.7 Å². The van der Waals surface area contributed by atoms with E-state index in [1.807, 2.05) is 0 Å². The first-order chi connectivity index (χ1) is 12.6. The summed E-state index contributed by atoms with van der Waals surface area (Å²) in [7, 11) is 0. The molecule has 0 aliphatic carbocycles. The summed E-state index contributed by atoms with van der Waals surface area (Å²) >= 11 is 0. The Morgan fingerprint density at radius 3 is 2.48 bits per heavy atom. The van der Waals surface area contributed by atoms with Gasteiger partial charge in [0, 0.05) is 17.1 Å². The molecule has 0 atom stereocenters. The van der Waals surface area contributed by atoms with Gasteiger partial charge < -0.3 is 9.32 Å². The predicted octanol–water partition coefficient (Wildman–Crippen LogP) is 4.60. The van der Waals surface area contributed by atoms with Crippen molar-refractivity contribution in [1.82, 2.24) is 9.88 Å². The van der Waals surface area contributed by atoms with Gasteiger partial charge in [0.1, 0.15) is 5.58 Å². The highest BCUT2D eigenvalue weighted by atomic mass is 19.4. The third-order valence-electron chi connectivity index (χ3n) is 4.29. The smallest absolute Gasteiger partial charge is 0.420 e. The zero-order chi connectivity index (χ0) is 19.4. The Labute approximate surface area is 149 Å². The normalized spacial score (nSPS) is 16.4. The quantitative estimate of drug-likeness (QED) is 0.609. The van der Waals surface area contributed by atoms with Crippen molar-refractivity contribution in [2.75, 3.05) is 13.1 Å². The molecular formula is C18H11F5N2O2. The zero-order valence-corrected chi connectivity index (χ0v) is 13.6. The summed E-state index contributed by atoms with van der Waals surface area (Å²) in [5.74, 6) is -3.47. The van der Waals surface area contributed by atoms with Gasteiger partial charge in [0.05, 0.1) is 36.2 Å². The van der Waals surface area contributed by atoms with Crippen LogP contribution in [-0.2, 0) is 6.18 Å². The summed E-state index contributed by atoms with van der Waals surface area (Å²) in [5.41, 5.74) is -0.684. The van der Waals surface area contributed by atoms with Crippen LogP contribution in [-0.4, -0.2) is 34.8 Å². The average Bonchev–Trinajstić information content (AvgIpc) is 3.05. The van der Waals surface area contributed by atoms with E-state index in [4.69, 9.17) is 4.42 Å². The van der Waals surface area contributed by atoms with Crippen molar-refractivity contribution < 1.29 is 31.2 Å². The van der Waals surface area contributed by atoms with Crippen molar-refractivity contribution >= 4 is 16.9 Å². The first kappa shape index (κ1) is 17.4. The Bertz CT molecular complexity index is 1020. The maximum atomic E-state index is 13.3. The second-order valence-electron chi connectivity index (χ2n) is 6.31. The van der Waals surface area contributed by atoms with Gasteiger partial charge in [0.25, 0.3) is 11.8 Å². The van der Waals surface area contributed by atoms with Crippen LogP contribution >= 0.6 is 0 Å². The topological polar surface area (TPSA) is 46.3 Å². The summed E-state index contributed by atoms with van der Waals surface area (Å²) < 4.78 is 70.5. The molecule has 140 valence electrons. The molecule has 3 heterocycles. The van der Waals surface area contributed by atoms with Gasteiger partial charge in [-0.15, -0.1) is 0 Å². The Kier molecular flexibility index (Phi) is 3.72. The molecule has 4 rings (SSSR count). The van der Waals surface area contributed by atoms with E-state index in [9.17, 15) is 26.7 Å². The van der Waals surface area contributed by atoms with Crippen molar-refractivity contribution in [1.29, 1.82) is 0 Å². The molecule has 1 aliphatic rings. The van der Waals surface area contributed by atoms with E-state index >= 15 is 0 Å². The van der Waals surface area contributed by atoms with Gasteiger partial charge in [-0.25, -0.2) is 8.78 Å². The molecule has 0 radical (unpaired) electrons. The Hall–Kier alpha value is -2.97. The van der Waals surface area contributed by atoms with Gasteiger partial charge >= 0.3 is 6.18 Å². The zero-order valence-electron chi connectivity index (χ0n) is 13.6. The highest BCUT2D eigenvalue weighted by Gasteiger charge is 2.46. The molecular weight excluding hydrogens is 371 g/mol. The molecule has 0 N–H and O–H groups in total. The molecule has 27 heavy (non-hydrogen) atoms. The number of hydrogen-bond acceptors (Lipinski definition) is 3. The molecule has 3 aromatic rings. The third-order valence-corrected chi connectivity index (χ3v) is 4.29. The number of aromatic nitrogens is 1.